The second-order valence-corrected chi connectivity index (χ2v) is 10.5. The summed E-state index contributed by atoms with van der Waals surface area (Å²) in [4.78, 5) is 50.4. The molecule has 6 N–H and O–H groups in total. The van der Waals surface area contributed by atoms with Crippen LogP contribution in [0.1, 0.15) is 23.9 Å². The van der Waals surface area contributed by atoms with E-state index < -0.39 is 46.1 Å². The summed E-state index contributed by atoms with van der Waals surface area (Å²) in [6, 6.07) is 6.54. The number of carbonyl (C=O) groups is 4. The first-order valence-corrected chi connectivity index (χ1v) is 12.5. The number of β-lactam (4-membered cyclic amide) rings is 1. The number of amides is 4. The number of aliphatic hydroxyl groups excluding tert-OH is 1. The van der Waals surface area contributed by atoms with Crippen LogP contribution in [-0.2, 0) is 19.1 Å². The summed E-state index contributed by atoms with van der Waals surface area (Å²) >= 11 is 2.47. The minimum absolute atomic E-state index is 0.129. The quantitative estimate of drug-likeness (QED) is 0.258. The molecule has 188 valence electrons. The average molecular weight is 533 g/mol. The number of carboxylic acid groups (broad SMARTS) is 1. The van der Waals surface area contributed by atoms with E-state index in [1.165, 1.54) is 27.8 Å². The number of primary amides is 1. The number of carbonyl (C=O) groups excluding carboxylic acids is 3. The molecule has 0 spiro atoms. The van der Waals surface area contributed by atoms with Gasteiger partial charge in [0.25, 0.3) is 11.8 Å². The van der Waals surface area contributed by atoms with E-state index in [1.54, 1.807) is 30.3 Å². The Hall–Kier alpha value is -3.63. The highest BCUT2D eigenvalue weighted by Crippen LogP contribution is 2.57. The first-order valence-electron chi connectivity index (χ1n) is 10.7. The predicted octanol–water partition coefficient (Wildman–Crippen LogP) is -1.09. The Morgan fingerprint density at radius 2 is 2.03 bits per heavy atom. The summed E-state index contributed by atoms with van der Waals surface area (Å²) in [7, 11) is 0. The third-order valence-electron chi connectivity index (χ3n) is 6.14. The molecule has 1 saturated heterocycles. The number of aliphatic carboxylic acids is 1. The molecule has 4 amide bonds. The summed E-state index contributed by atoms with van der Waals surface area (Å²) < 4.78 is 0.454. The number of nitrogens with zero attached hydrogens (tertiary/aromatic N) is 5. The summed E-state index contributed by atoms with van der Waals surface area (Å²) in [5.74, 6) is -2.07. The number of hydrogen-bond donors (Lipinski definition) is 5. The molecule has 0 bridgehead atoms. The molecule has 1 fully saturated rings. The predicted molar refractivity (Wildman–Crippen MR) is 126 cm³/mol. The molecule has 5 rings (SSSR count). The molecule has 0 saturated carbocycles. The van der Waals surface area contributed by atoms with E-state index in [0.717, 1.165) is 4.90 Å². The zero-order valence-corrected chi connectivity index (χ0v) is 20.0. The fourth-order valence-electron chi connectivity index (χ4n) is 4.43. The fraction of sp³-hybridized carbons (Fsp3) is 0.350. The van der Waals surface area contributed by atoms with E-state index in [2.05, 4.69) is 26.2 Å². The van der Waals surface area contributed by atoms with Gasteiger partial charge in [0.05, 0.1) is 0 Å². The van der Waals surface area contributed by atoms with E-state index in [0.29, 0.717) is 17.0 Å². The fourth-order valence-corrected chi connectivity index (χ4v) is 7.17. The van der Waals surface area contributed by atoms with Crippen molar-refractivity contribution >= 4 is 47.5 Å². The van der Waals surface area contributed by atoms with Crippen molar-refractivity contribution < 1.29 is 29.4 Å². The average Bonchev–Trinajstić information content (AvgIpc) is 3.25. The van der Waals surface area contributed by atoms with Crippen LogP contribution in [-0.4, -0.2) is 82.3 Å². The Labute approximate surface area is 211 Å². The third kappa shape index (κ3) is 3.77. The number of benzene rings is 1. The van der Waals surface area contributed by atoms with Crippen molar-refractivity contribution in [3.8, 4) is 0 Å². The van der Waals surface area contributed by atoms with E-state index in [1.807, 2.05) is 0 Å². The van der Waals surface area contributed by atoms with Gasteiger partial charge >= 0.3 is 12.0 Å². The van der Waals surface area contributed by atoms with E-state index >= 15 is 0 Å². The zero-order chi connectivity index (χ0) is 25.6. The van der Waals surface area contributed by atoms with Crippen molar-refractivity contribution in [2.45, 2.75) is 28.7 Å². The van der Waals surface area contributed by atoms with Gasteiger partial charge in [0, 0.05) is 12.3 Å². The lowest BCUT2D eigenvalue weighted by molar-refractivity contribution is -0.151. The van der Waals surface area contributed by atoms with Gasteiger partial charge in [-0.05, 0) is 39.9 Å². The highest BCUT2D eigenvalue weighted by atomic mass is 32.2. The lowest BCUT2D eigenvalue weighted by atomic mass is 9.90. The molecular formula is C20H20N8O6S2. The van der Waals surface area contributed by atoms with Crippen LogP contribution in [0.15, 0.2) is 41.6 Å². The second kappa shape index (κ2) is 9.11. The first kappa shape index (κ1) is 24.1. The van der Waals surface area contributed by atoms with Gasteiger partial charge in [-0.3, -0.25) is 14.5 Å². The number of thioether (sulfide) groups is 1. The lowest BCUT2D eigenvalue weighted by Crippen LogP contribution is -2.71. The monoisotopic (exact) mass is 532 g/mol. The van der Waals surface area contributed by atoms with Gasteiger partial charge in [-0.2, -0.15) is 4.09 Å². The second-order valence-electron chi connectivity index (χ2n) is 8.18. The van der Waals surface area contributed by atoms with Crippen LogP contribution in [0.2, 0.25) is 0 Å². The van der Waals surface area contributed by atoms with E-state index in [-0.39, 0.29) is 24.4 Å². The van der Waals surface area contributed by atoms with Crippen molar-refractivity contribution in [1.82, 2.24) is 35.1 Å². The lowest BCUT2D eigenvalue weighted by Gasteiger charge is -2.52. The highest BCUT2D eigenvalue weighted by Gasteiger charge is 2.60. The normalized spacial score (nSPS) is 25.1. The molecule has 4 heterocycles. The number of rotatable bonds is 8. The van der Waals surface area contributed by atoms with Gasteiger partial charge in [-0.15, -0.1) is 16.9 Å². The Balaban J connectivity index is 1.40. The number of tetrazole rings is 1. The van der Waals surface area contributed by atoms with Gasteiger partial charge in [-0.25, -0.2) is 9.59 Å². The number of carboxylic acids is 1. The van der Waals surface area contributed by atoms with Crippen LogP contribution in [0.5, 0.6) is 0 Å². The molecule has 3 aliphatic rings. The van der Waals surface area contributed by atoms with Gasteiger partial charge in [0.15, 0.2) is 11.9 Å². The van der Waals surface area contributed by atoms with Crippen molar-refractivity contribution in [2.24, 2.45) is 5.73 Å². The molecule has 0 radical (unpaired) electrons. The molecule has 4 atom stereocenters. The number of hydrogen-bond acceptors (Lipinski definition) is 10. The molecule has 1 aromatic heterocycles. The van der Waals surface area contributed by atoms with Gasteiger partial charge in [0.2, 0.25) is 0 Å². The summed E-state index contributed by atoms with van der Waals surface area (Å²) in [6.45, 7) is 0.129. The largest absolute Gasteiger partial charge is 0.477 e. The van der Waals surface area contributed by atoms with Crippen LogP contribution in [0, 0.1) is 0 Å². The van der Waals surface area contributed by atoms with Gasteiger partial charge in [-0.1, -0.05) is 30.3 Å². The van der Waals surface area contributed by atoms with Crippen molar-refractivity contribution in [3.05, 3.63) is 53.0 Å². The third-order valence-corrected chi connectivity index (χ3v) is 8.78. The maximum atomic E-state index is 13.1. The Morgan fingerprint density at radius 3 is 2.69 bits per heavy atom. The Morgan fingerprint density at radius 1 is 1.28 bits per heavy atom. The van der Waals surface area contributed by atoms with Crippen LogP contribution in [0.25, 0.3) is 0 Å². The van der Waals surface area contributed by atoms with Gasteiger partial charge in [0.1, 0.15) is 21.9 Å². The van der Waals surface area contributed by atoms with Crippen LogP contribution in [0.4, 0.5) is 4.79 Å². The maximum absolute atomic E-state index is 13.1. The van der Waals surface area contributed by atoms with E-state index in [9.17, 15) is 29.4 Å². The molecule has 2 aromatic rings. The van der Waals surface area contributed by atoms with Crippen LogP contribution >= 0.6 is 23.7 Å². The molecule has 3 unspecified atom stereocenters. The smallest absolute Gasteiger partial charge is 0.352 e. The maximum Gasteiger partial charge on any atom is 0.352 e. The molecule has 3 aliphatic heterocycles. The number of nitrogens with two attached hydrogens (primary N) is 1. The minimum Gasteiger partial charge on any atom is -0.477 e. The van der Waals surface area contributed by atoms with Crippen molar-refractivity contribution in [3.63, 3.8) is 0 Å². The number of urea groups is 1. The topological polar surface area (TPSA) is 206 Å². The zero-order valence-electron chi connectivity index (χ0n) is 18.4. The first-order chi connectivity index (χ1) is 17.2. The molecule has 36 heavy (non-hydrogen) atoms. The molecular weight excluding hydrogens is 512 g/mol. The minimum atomic E-state index is -1.47. The number of nitrogens with one attached hydrogen (secondary N) is 2. The summed E-state index contributed by atoms with van der Waals surface area (Å²) in [5.41, 5.74) is 5.75. The summed E-state index contributed by atoms with van der Waals surface area (Å²) in [5, 5.41) is 36.3. The molecule has 16 heteroatoms. The Bertz CT molecular complexity index is 1290. The van der Waals surface area contributed by atoms with Crippen LogP contribution < -0.4 is 16.4 Å². The standard InChI is InChI=1S/C20H20N8O6S2/c21-19(34)22-7-6-20(18-24-25-26-28(18)36-20)10-8-35-16-11(15(31)27(16)12(10)17(32)33)23-14(30)13(29)9-4-2-1-3-5-9/h1-5,11,13,16,29H,6-8H2,(H,23,30)(H,32,33)(H3,21,22,34)/t11?,13?,16-,20?/m0/s1. The van der Waals surface area contributed by atoms with Crippen molar-refractivity contribution in [2.75, 3.05) is 12.3 Å². The highest BCUT2D eigenvalue weighted by molar-refractivity contribution is 8.01. The SMILES string of the molecule is NC(=O)NCCC1(C2=C(C(=O)O)N3C(=O)C(NC(=O)C(O)c4ccccc4)[C@@H]3SC2)Sn2nnnc21. The number of fused-ring (bicyclic) bond motifs is 2. The Kier molecular flexibility index (Phi) is 6.09. The summed E-state index contributed by atoms with van der Waals surface area (Å²) in [6.07, 6.45) is -1.23. The van der Waals surface area contributed by atoms with Gasteiger partial charge < -0.3 is 26.6 Å². The number of aromatic nitrogens is 4. The van der Waals surface area contributed by atoms with Crippen LogP contribution in [0.3, 0.4) is 0 Å². The number of aliphatic hydroxyl groups is 1. The molecule has 14 nitrogen and oxygen atoms in total. The molecule has 0 aliphatic carbocycles. The molecule has 1 aromatic carbocycles. The van der Waals surface area contributed by atoms with Crippen molar-refractivity contribution in [1.29, 1.82) is 0 Å². The van der Waals surface area contributed by atoms with E-state index in [4.69, 9.17) is 5.73 Å².